The van der Waals surface area contributed by atoms with Crippen LogP contribution < -0.4 is 4.74 Å². The Morgan fingerprint density at radius 1 is 1.35 bits per heavy atom. The van der Waals surface area contributed by atoms with Crippen LogP contribution in [0.25, 0.3) is 0 Å². The molecule has 5 heteroatoms. The lowest BCUT2D eigenvalue weighted by atomic mass is 10.2. The molecule has 0 aliphatic heterocycles. The number of carbonyl (C=O) groups is 1. The van der Waals surface area contributed by atoms with Gasteiger partial charge >= 0.3 is 5.97 Å². The van der Waals surface area contributed by atoms with Gasteiger partial charge in [0.15, 0.2) is 0 Å². The lowest BCUT2D eigenvalue weighted by Gasteiger charge is -2.09. The standard InChI is InChI=1S/C12H15FO4/c1-16-7-2-3-8-17-10-6-4-5-9(13)11(10)12(14)15/h4-6H,2-3,7-8H2,1H3,(H,14,15). The molecule has 0 atom stereocenters. The summed E-state index contributed by atoms with van der Waals surface area (Å²) in [4.78, 5) is 10.8. The lowest BCUT2D eigenvalue weighted by molar-refractivity contribution is 0.0686. The Bertz CT molecular complexity index is 379. The van der Waals surface area contributed by atoms with Crippen molar-refractivity contribution >= 4 is 5.97 Å². The summed E-state index contributed by atoms with van der Waals surface area (Å²) in [7, 11) is 1.61. The van der Waals surface area contributed by atoms with Crippen molar-refractivity contribution in [3.05, 3.63) is 29.6 Å². The van der Waals surface area contributed by atoms with Gasteiger partial charge in [0.05, 0.1) is 6.61 Å². The van der Waals surface area contributed by atoms with Crippen molar-refractivity contribution in [1.29, 1.82) is 0 Å². The highest BCUT2D eigenvalue weighted by atomic mass is 19.1. The minimum absolute atomic E-state index is 0.0647. The van der Waals surface area contributed by atoms with E-state index >= 15 is 0 Å². The molecule has 1 aromatic carbocycles. The van der Waals surface area contributed by atoms with Crippen LogP contribution in [0.3, 0.4) is 0 Å². The second-order valence-corrected chi connectivity index (χ2v) is 3.47. The van der Waals surface area contributed by atoms with E-state index in [1.165, 1.54) is 12.1 Å². The molecule has 0 saturated heterocycles. The van der Waals surface area contributed by atoms with E-state index in [1.807, 2.05) is 0 Å². The summed E-state index contributed by atoms with van der Waals surface area (Å²) < 4.78 is 23.4. The molecular formula is C12H15FO4. The van der Waals surface area contributed by atoms with Crippen molar-refractivity contribution in [3.63, 3.8) is 0 Å². The predicted octanol–water partition coefficient (Wildman–Crippen LogP) is 2.33. The van der Waals surface area contributed by atoms with Gasteiger partial charge in [-0.3, -0.25) is 0 Å². The van der Waals surface area contributed by atoms with Crippen molar-refractivity contribution in [3.8, 4) is 5.75 Å². The molecule has 0 amide bonds. The van der Waals surface area contributed by atoms with Gasteiger partial charge in [-0.2, -0.15) is 0 Å². The highest BCUT2D eigenvalue weighted by Gasteiger charge is 2.16. The first-order valence-electron chi connectivity index (χ1n) is 5.30. The van der Waals surface area contributed by atoms with Crippen molar-refractivity contribution in [2.45, 2.75) is 12.8 Å². The van der Waals surface area contributed by atoms with E-state index in [1.54, 1.807) is 7.11 Å². The van der Waals surface area contributed by atoms with E-state index in [2.05, 4.69) is 0 Å². The maximum absolute atomic E-state index is 13.2. The number of carboxylic acid groups (broad SMARTS) is 1. The third kappa shape index (κ3) is 4.03. The molecule has 1 aromatic rings. The zero-order valence-corrected chi connectivity index (χ0v) is 9.61. The predicted molar refractivity (Wildman–Crippen MR) is 60.0 cm³/mol. The Morgan fingerprint density at radius 2 is 2.06 bits per heavy atom. The molecule has 0 spiro atoms. The monoisotopic (exact) mass is 242 g/mol. The largest absolute Gasteiger partial charge is 0.493 e. The summed E-state index contributed by atoms with van der Waals surface area (Å²) in [5.74, 6) is -2.04. The molecular weight excluding hydrogens is 227 g/mol. The van der Waals surface area contributed by atoms with Crippen molar-refractivity contribution < 1.29 is 23.8 Å². The maximum Gasteiger partial charge on any atom is 0.342 e. The van der Waals surface area contributed by atoms with E-state index in [0.717, 1.165) is 18.9 Å². The number of rotatable bonds is 7. The summed E-state index contributed by atoms with van der Waals surface area (Å²) >= 11 is 0. The fraction of sp³-hybridized carbons (Fsp3) is 0.417. The summed E-state index contributed by atoms with van der Waals surface area (Å²) in [6, 6.07) is 3.97. The van der Waals surface area contributed by atoms with E-state index in [0.29, 0.717) is 13.2 Å². The molecule has 0 heterocycles. The molecule has 0 saturated carbocycles. The first-order valence-corrected chi connectivity index (χ1v) is 5.30. The third-order valence-corrected chi connectivity index (χ3v) is 2.19. The van der Waals surface area contributed by atoms with Gasteiger partial charge in [-0.25, -0.2) is 9.18 Å². The third-order valence-electron chi connectivity index (χ3n) is 2.19. The molecule has 0 radical (unpaired) electrons. The second kappa shape index (κ2) is 6.85. The van der Waals surface area contributed by atoms with E-state index in [-0.39, 0.29) is 5.75 Å². The fourth-order valence-corrected chi connectivity index (χ4v) is 1.36. The molecule has 1 N–H and O–H groups in total. The molecule has 1 rings (SSSR count). The van der Waals surface area contributed by atoms with Gasteiger partial charge in [0, 0.05) is 13.7 Å². The number of ether oxygens (including phenoxy) is 2. The van der Waals surface area contributed by atoms with Gasteiger partial charge in [0.25, 0.3) is 0 Å². The molecule has 0 aliphatic rings. The Kier molecular flexibility index (Phi) is 5.42. The van der Waals surface area contributed by atoms with Gasteiger partial charge in [0.2, 0.25) is 0 Å². The molecule has 0 bridgehead atoms. The zero-order chi connectivity index (χ0) is 12.7. The minimum Gasteiger partial charge on any atom is -0.493 e. The minimum atomic E-state index is -1.32. The number of unbranched alkanes of at least 4 members (excludes halogenated alkanes) is 1. The van der Waals surface area contributed by atoms with Crippen LogP contribution in [0.5, 0.6) is 5.75 Å². The summed E-state index contributed by atoms with van der Waals surface area (Å²) in [5, 5.41) is 8.85. The number of aromatic carboxylic acids is 1. The van der Waals surface area contributed by atoms with Crippen LogP contribution in [0, 0.1) is 5.82 Å². The molecule has 0 aliphatic carbocycles. The van der Waals surface area contributed by atoms with E-state index in [4.69, 9.17) is 14.6 Å². The fourth-order valence-electron chi connectivity index (χ4n) is 1.36. The van der Waals surface area contributed by atoms with Crippen LogP contribution in [0.1, 0.15) is 23.2 Å². The van der Waals surface area contributed by atoms with Crippen molar-refractivity contribution in [2.24, 2.45) is 0 Å². The van der Waals surface area contributed by atoms with Gasteiger partial charge in [-0.1, -0.05) is 6.07 Å². The average Bonchev–Trinajstić information content (AvgIpc) is 2.28. The van der Waals surface area contributed by atoms with Gasteiger partial charge in [-0.05, 0) is 25.0 Å². The van der Waals surface area contributed by atoms with Crippen LogP contribution >= 0.6 is 0 Å². The topological polar surface area (TPSA) is 55.8 Å². The Labute approximate surface area is 99.0 Å². The zero-order valence-electron chi connectivity index (χ0n) is 9.61. The summed E-state index contributed by atoms with van der Waals surface area (Å²) in [6.07, 6.45) is 1.54. The molecule has 0 aromatic heterocycles. The number of hydrogen-bond acceptors (Lipinski definition) is 3. The Morgan fingerprint density at radius 3 is 2.71 bits per heavy atom. The summed E-state index contributed by atoms with van der Waals surface area (Å²) in [5.41, 5.74) is -0.417. The number of halogens is 1. The Hall–Kier alpha value is -1.62. The van der Waals surface area contributed by atoms with Crippen LogP contribution in [0.2, 0.25) is 0 Å². The molecule has 0 fully saturated rings. The highest BCUT2D eigenvalue weighted by molar-refractivity contribution is 5.91. The Balaban J connectivity index is 2.58. The molecule has 0 unspecified atom stereocenters. The first-order chi connectivity index (χ1) is 8.16. The average molecular weight is 242 g/mol. The number of carboxylic acids is 1. The SMILES string of the molecule is COCCCCOc1cccc(F)c1C(=O)O. The van der Waals surface area contributed by atoms with Gasteiger partial charge in [0.1, 0.15) is 17.1 Å². The van der Waals surface area contributed by atoms with Gasteiger partial charge in [-0.15, -0.1) is 0 Å². The van der Waals surface area contributed by atoms with Gasteiger partial charge < -0.3 is 14.6 Å². The second-order valence-electron chi connectivity index (χ2n) is 3.47. The molecule has 94 valence electrons. The quantitative estimate of drug-likeness (QED) is 0.745. The molecule has 4 nitrogen and oxygen atoms in total. The lowest BCUT2D eigenvalue weighted by Crippen LogP contribution is -2.07. The van der Waals surface area contributed by atoms with E-state index < -0.39 is 17.3 Å². The molecule has 17 heavy (non-hydrogen) atoms. The normalized spacial score (nSPS) is 10.2. The van der Waals surface area contributed by atoms with Crippen LogP contribution in [-0.2, 0) is 4.74 Å². The van der Waals surface area contributed by atoms with Crippen LogP contribution in [-0.4, -0.2) is 31.4 Å². The number of benzene rings is 1. The van der Waals surface area contributed by atoms with Crippen molar-refractivity contribution in [1.82, 2.24) is 0 Å². The first kappa shape index (κ1) is 13.4. The number of hydrogen-bond donors (Lipinski definition) is 1. The van der Waals surface area contributed by atoms with Crippen LogP contribution in [0.15, 0.2) is 18.2 Å². The number of methoxy groups -OCH3 is 1. The summed E-state index contributed by atoms with van der Waals surface area (Å²) in [6.45, 7) is 0.964. The maximum atomic E-state index is 13.2. The smallest absolute Gasteiger partial charge is 0.342 e. The van der Waals surface area contributed by atoms with E-state index in [9.17, 15) is 9.18 Å². The van der Waals surface area contributed by atoms with Crippen molar-refractivity contribution in [2.75, 3.05) is 20.3 Å². The van der Waals surface area contributed by atoms with Crippen LogP contribution in [0.4, 0.5) is 4.39 Å². The highest BCUT2D eigenvalue weighted by Crippen LogP contribution is 2.21.